The molecule has 1 heterocycles. The van der Waals surface area contributed by atoms with Crippen LogP contribution in [0, 0.1) is 16.2 Å². The number of rotatable bonds is 2. The Bertz CT molecular complexity index is 1160. The number of benzene rings is 3. The van der Waals surface area contributed by atoms with Crippen LogP contribution in [-0.2, 0) is 0 Å². The fourth-order valence-electron chi connectivity index (χ4n) is 2.77. The molecule has 4 aromatic rings. The number of nitro groups is 1. The lowest BCUT2D eigenvalue weighted by atomic mass is 10.0. The quantitative estimate of drug-likeness (QED) is 0.313. The first-order chi connectivity index (χ1) is 11.6. The summed E-state index contributed by atoms with van der Waals surface area (Å²) in [5, 5.41) is 12.1. The van der Waals surface area contributed by atoms with Crippen LogP contribution in [0.1, 0.15) is 0 Å². The molecule has 3 aromatic carbocycles. The molecule has 24 heavy (non-hydrogen) atoms. The molecule has 0 spiro atoms. The third-order valence-corrected chi connectivity index (χ3v) is 3.90. The van der Waals surface area contributed by atoms with Crippen molar-refractivity contribution in [3.05, 3.63) is 87.1 Å². The number of hydrogen-bond donors (Lipinski definition) is 0. The minimum atomic E-state index is -0.459. The van der Waals surface area contributed by atoms with E-state index in [1.807, 2.05) is 0 Å². The molecule has 0 aliphatic carbocycles. The fraction of sp³-hybridized carbons (Fsp3) is 0. The normalized spacial score (nSPS) is 11.0. The van der Waals surface area contributed by atoms with E-state index in [1.54, 1.807) is 54.6 Å². The average molecular weight is 316 g/mol. The molecule has 0 saturated heterocycles. The summed E-state index contributed by atoms with van der Waals surface area (Å²) in [5.41, 5.74) is 1.64. The Balaban J connectivity index is 2.03. The van der Waals surface area contributed by atoms with Crippen molar-refractivity contribution in [2.75, 3.05) is 0 Å². The van der Waals surface area contributed by atoms with E-state index in [2.05, 4.69) is 6.07 Å². The Labute approximate surface area is 135 Å². The summed E-state index contributed by atoms with van der Waals surface area (Å²) >= 11 is 0. The van der Waals surface area contributed by atoms with Gasteiger partial charge in [0, 0.05) is 6.07 Å². The first-order valence-electron chi connectivity index (χ1n) is 7.26. The van der Waals surface area contributed by atoms with Gasteiger partial charge in [0.25, 0.3) is 5.69 Å². The number of fused-ring (bicyclic) bond motifs is 2. The van der Waals surface area contributed by atoms with Crippen molar-refractivity contribution in [2.45, 2.75) is 0 Å². The maximum absolute atomic E-state index is 12.7. The predicted octanol–water partition coefficient (Wildman–Crippen LogP) is 4.32. The van der Waals surface area contributed by atoms with Crippen LogP contribution in [0.2, 0.25) is 0 Å². The van der Waals surface area contributed by atoms with Gasteiger partial charge in [-0.3, -0.25) is 14.9 Å². The van der Waals surface area contributed by atoms with Crippen LogP contribution in [-0.4, -0.2) is 4.92 Å². The standard InChI is InChI=1S/C19H10NO4/c21-19-14-6-2-4-8-17(14)24-18-10-9-12(11-15(18)19)13-5-1-3-7-16(13)20(22)23/h1-4,6-11H. The third kappa shape index (κ3) is 2.14. The third-order valence-electron chi connectivity index (χ3n) is 3.90. The Kier molecular flexibility index (Phi) is 3.13. The van der Waals surface area contributed by atoms with Gasteiger partial charge in [-0.05, 0) is 35.9 Å². The molecule has 1 radical (unpaired) electrons. The summed E-state index contributed by atoms with van der Waals surface area (Å²) < 4.78 is 5.75. The van der Waals surface area contributed by atoms with E-state index in [-0.39, 0.29) is 11.1 Å². The molecular weight excluding hydrogens is 306 g/mol. The van der Waals surface area contributed by atoms with Crippen LogP contribution in [0.4, 0.5) is 5.69 Å². The van der Waals surface area contributed by atoms with Gasteiger partial charge < -0.3 is 4.42 Å². The lowest BCUT2D eigenvalue weighted by Gasteiger charge is -2.05. The van der Waals surface area contributed by atoms with E-state index < -0.39 is 4.92 Å². The van der Waals surface area contributed by atoms with Gasteiger partial charge in [-0.15, -0.1) is 0 Å². The van der Waals surface area contributed by atoms with Gasteiger partial charge in [0.05, 0.1) is 21.3 Å². The van der Waals surface area contributed by atoms with Crippen molar-refractivity contribution in [3.63, 3.8) is 0 Å². The zero-order valence-electron chi connectivity index (χ0n) is 12.4. The average Bonchev–Trinajstić information content (AvgIpc) is 2.62. The molecule has 0 aliphatic rings. The molecule has 1 aromatic heterocycles. The highest BCUT2D eigenvalue weighted by molar-refractivity contribution is 5.92. The molecule has 0 atom stereocenters. The molecule has 115 valence electrons. The van der Waals surface area contributed by atoms with E-state index in [0.717, 1.165) is 0 Å². The maximum Gasteiger partial charge on any atom is 0.277 e. The number of nitrogens with zero attached hydrogens (tertiary/aromatic N) is 1. The SMILES string of the molecule is O=c1c2ccccc2oc2ccc(-c3[c]cccc3[N+](=O)[O-])cc12. The lowest BCUT2D eigenvalue weighted by Crippen LogP contribution is -2.02. The first kappa shape index (κ1) is 14.1. The van der Waals surface area contributed by atoms with Crippen LogP contribution in [0.15, 0.2) is 69.9 Å². The molecule has 0 N–H and O–H groups in total. The van der Waals surface area contributed by atoms with Crippen LogP contribution in [0.3, 0.4) is 0 Å². The minimum Gasteiger partial charge on any atom is -0.456 e. The summed E-state index contributed by atoms with van der Waals surface area (Å²) in [6.07, 6.45) is 0. The van der Waals surface area contributed by atoms with Crippen LogP contribution < -0.4 is 5.43 Å². The van der Waals surface area contributed by atoms with Gasteiger partial charge in [-0.1, -0.05) is 30.3 Å². The lowest BCUT2D eigenvalue weighted by molar-refractivity contribution is -0.384. The van der Waals surface area contributed by atoms with Crippen molar-refractivity contribution in [1.29, 1.82) is 0 Å². The summed E-state index contributed by atoms with van der Waals surface area (Å²) in [7, 11) is 0. The molecule has 0 unspecified atom stereocenters. The zero-order chi connectivity index (χ0) is 16.7. The Morgan fingerprint density at radius 1 is 0.958 bits per heavy atom. The second-order valence-electron chi connectivity index (χ2n) is 5.33. The van der Waals surface area contributed by atoms with Crippen LogP contribution in [0.5, 0.6) is 0 Å². The minimum absolute atomic E-state index is 0.0537. The molecule has 0 bridgehead atoms. The van der Waals surface area contributed by atoms with Crippen molar-refractivity contribution in [1.82, 2.24) is 0 Å². The Morgan fingerprint density at radius 2 is 1.75 bits per heavy atom. The Hall–Kier alpha value is -3.47. The molecule has 5 heteroatoms. The highest BCUT2D eigenvalue weighted by Crippen LogP contribution is 2.31. The molecule has 0 amide bonds. The monoisotopic (exact) mass is 316 g/mol. The number of para-hydroxylation sites is 1. The second-order valence-corrected chi connectivity index (χ2v) is 5.33. The van der Waals surface area contributed by atoms with Crippen molar-refractivity contribution in [3.8, 4) is 11.1 Å². The van der Waals surface area contributed by atoms with Crippen molar-refractivity contribution >= 4 is 27.6 Å². The number of nitro benzene ring substituents is 1. The summed E-state index contributed by atoms with van der Waals surface area (Å²) in [4.78, 5) is 23.4. The zero-order valence-corrected chi connectivity index (χ0v) is 12.4. The highest BCUT2D eigenvalue weighted by atomic mass is 16.6. The van der Waals surface area contributed by atoms with Crippen LogP contribution in [0.25, 0.3) is 33.1 Å². The largest absolute Gasteiger partial charge is 0.456 e. The predicted molar refractivity (Wildman–Crippen MR) is 90.9 cm³/mol. The first-order valence-corrected chi connectivity index (χ1v) is 7.26. The summed E-state index contributed by atoms with van der Waals surface area (Å²) in [6.45, 7) is 0. The molecule has 4 rings (SSSR count). The van der Waals surface area contributed by atoms with Crippen LogP contribution >= 0.6 is 0 Å². The maximum atomic E-state index is 12.7. The van der Waals surface area contributed by atoms with Gasteiger partial charge in [0.15, 0.2) is 0 Å². The van der Waals surface area contributed by atoms with E-state index in [4.69, 9.17) is 4.42 Å². The van der Waals surface area contributed by atoms with E-state index >= 15 is 0 Å². The summed E-state index contributed by atoms with van der Waals surface area (Å²) in [5.74, 6) is 0. The number of hydrogen-bond acceptors (Lipinski definition) is 4. The Morgan fingerprint density at radius 3 is 2.58 bits per heavy atom. The van der Waals surface area contributed by atoms with Gasteiger partial charge in [-0.25, -0.2) is 0 Å². The van der Waals surface area contributed by atoms with E-state index in [9.17, 15) is 14.9 Å². The van der Waals surface area contributed by atoms with Gasteiger partial charge in [0.1, 0.15) is 11.2 Å². The van der Waals surface area contributed by atoms with E-state index in [0.29, 0.717) is 33.1 Å². The van der Waals surface area contributed by atoms with Crippen molar-refractivity contribution in [2.24, 2.45) is 0 Å². The topological polar surface area (TPSA) is 73.3 Å². The van der Waals surface area contributed by atoms with E-state index in [1.165, 1.54) is 6.07 Å². The summed E-state index contributed by atoms with van der Waals surface area (Å²) in [6, 6.07) is 19.4. The van der Waals surface area contributed by atoms with Gasteiger partial charge >= 0.3 is 0 Å². The van der Waals surface area contributed by atoms with Crippen molar-refractivity contribution < 1.29 is 9.34 Å². The molecule has 0 fully saturated rings. The van der Waals surface area contributed by atoms with Gasteiger partial charge in [0.2, 0.25) is 5.43 Å². The smallest absolute Gasteiger partial charge is 0.277 e. The van der Waals surface area contributed by atoms with Gasteiger partial charge in [-0.2, -0.15) is 0 Å². The molecule has 5 nitrogen and oxygen atoms in total. The fourth-order valence-corrected chi connectivity index (χ4v) is 2.77. The molecular formula is C19H10NO4. The molecule has 0 saturated carbocycles. The second kappa shape index (κ2) is 5.31. The highest BCUT2D eigenvalue weighted by Gasteiger charge is 2.16. The molecule has 0 aliphatic heterocycles.